The van der Waals surface area contributed by atoms with Gasteiger partial charge in [-0.15, -0.1) is 0 Å². The number of halogens is 2. The van der Waals surface area contributed by atoms with Gasteiger partial charge in [0.05, 0.1) is 5.69 Å². The van der Waals surface area contributed by atoms with Gasteiger partial charge in [0.15, 0.2) is 0 Å². The van der Waals surface area contributed by atoms with Gasteiger partial charge in [-0.3, -0.25) is 15.5 Å². The zero-order valence-corrected chi connectivity index (χ0v) is 16.4. The van der Waals surface area contributed by atoms with Crippen molar-refractivity contribution in [3.8, 4) is 0 Å². The summed E-state index contributed by atoms with van der Waals surface area (Å²) in [7, 11) is 0. The molecule has 2 aromatic rings. The van der Waals surface area contributed by atoms with E-state index in [1.807, 2.05) is 13.8 Å². The van der Waals surface area contributed by atoms with Crippen molar-refractivity contribution in [3.05, 3.63) is 64.1 Å². The third-order valence-electron chi connectivity index (χ3n) is 4.37. The van der Waals surface area contributed by atoms with Gasteiger partial charge < -0.3 is 4.74 Å². The van der Waals surface area contributed by atoms with Crippen molar-refractivity contribution >= 4 is 27.9 Å². The van der Waals surface area contributed by atoms with Crippen LogP contribution < -0.4 is 5.32 Å². The first kappa shape index (κ1) is 20.0. The van der Waals surface area contributed by atoms with E-state index in [2.05, 4.69) is 26.2 Å². The molecule has 5 nitrogen and oxygen atoms in total. The molecule has 0 radical (unpaired) electrons. The first-order valence-corrected chi connectivity index (χ1v) is 9.02. The maximum atomic E-state index is 14.0. The second kappa shape index (κ2) is 8.89. The van der Waals surface area contributed by atoms with Crippen LogP contribution in [-0.4, -0.2) is 23.0 Å². The molecule has 0 saturated carbocycles. The van der Waals surface area contributed by atoms with Crippen molar-refractivity contribution in [2.75, 3.05) is 0 Å². The maximum Gasteiger partial charge on any atom is 0.289 e. The van der Waals surface area contributed by atoms with Crippen LogP contribution in [0.25, 0.3) is 0 Å². The van der Waals surface area contributed by atoms with Crippen LogP contribution in [0.5, 0.6) is 0 Å². The zero-order valence-electron chi connectivity index (χ0n) is 14.8. The molecule has 0 aliphatic heterocycles. The Balaban J connectivity index is 1.97. The van der Waals surface area contributed by atoms with E-state index in [-0.39, 0.29) is 23.7 Å². The Kier molecular flexibility index (Phi) is 6.85. The summed E-state index contributed by atoms with van der Waals surface area (Å²) in [6.07, 6.45) is -0.422. The Morgan fingerprint density at radius 3 is 2.50 bits per heavy atom. The largest absolute Gasteiger partial charge is 0.462 e. The summed E-state index contributed by atoms with van der Waals surface area (Å²) >= 11 is 3.25. The fourth-order valence-electron chi connectivity index (χ4n) is 2.50. The minimum atomic E-state index is -0.422. The van der Waals surface area contributed by atoms with E-state index in [0.717, 1.165) is 0 Å². The van der Waals surface area contributed by atoms with Crippen LogP contribution in [0.2, 0.25) is 0 Å². The summed E-state index contributed by atoms with van der Waals surface area (Å²) in [5, 5.41) is 10.3. The second-order valence-electron chi connectivity index (χ2n) is 6.12. The van der Waals surface area contributed by atoms with Gasteiger partial charge in [-0.2, -0.15) is 0 Å². The number of pyridine rings is 1. The van der Waals surface area contributed by atoms with Crippen molar-refractivity contribution in [1.82, 2.24) is 10.3 Å². The van der Waals surface area contributed by atoms with E-state index in [4.69, 9.17) is 10.1 Å². The van der Waals surface area contributed by atoms with Crippen LogP contribution in [0.3, 0.4) is 0 Å². The Bertz CT molecular complexity index is 786. The molecular weight excluding hydrogens is 401 g/mol. The van der Waals surface area contributed by atoms with Crippen LogP contribution in [0, 0.1) is 17.1 Å². The van der Waals surface area contributed by atoms with E-state index >= 15 is 0 Å². The highest BCUT2D eigenvalue weighted by Crippen LogP contribution is 2.29. The van der Waals surface area contributed by atoms with E-state index in [1.54, 1.807) is 43.3 Å². The summed E-state index contributed by atoms with van der Waals surface area (Å²) in [6, 6.07) is 11.2. The molecule has 26 heavy (non-hydrogen) atoms. The lowest BCUT2D eigenvalue weighted by Gasteiger charge is -2.26. The number of carbonyl (C=O) groups is 1. The molecule has 0 bridgehead atoms. The molecule has 0 spiro atoms. The molecule has 1 amide bonds. The molecule has 138 valence electrons. The van der Waals surface area contributed by atoms with Gasteiger partial charge in [-0.1, -0.05) is 32.0 Å². The quantitative estimate of drug-likeness (QED) is 0.424. The molecule has 1 unspecified atom stereocenters. The van der Waals surface area contributed by atoms with Gasteiger partial charge in [-0.25, -0.2) is 9.37 Å². The molecule has 0 fully saturated rings. The van der Waals surface area contributed by atoms with Crippen molar-refractivity contribution in [2.24, 2.45) is 5.92 Å². The first-order chi connectivity index (χ1) is 12.3. The molecule has 7 heteroatoms. The molecule has 2 N–H and O–H groups in total. The minimum absolute atomic E-state index is 0.139. The van der Waals surface area contributed by atoms with Crippen LogP contribution in [0.4, 0.5) is 4.39 Å². The average molecular weight is 422 g/mol. The van der Waals surface area contributed by atoms with E-state index < -0.39 is 12.0 Å². The topological polar surface area (TPSA) is 75.1 Å². The Morgan fingerprint density at radius 1 is 1.19 bits per heavy atom. The summed E-state index contributed by atoms with van der Waals surface area (Å²) in [4.78, 5) is 16.3. The van der Waals surface area contributed by atoms with Crippen LogP contribution in [0.1, 0.15) is 42.7 Å². The van der Waals surface area contributed by atoms with Gasteiger partial charge in [0.1, 0.15) is 16.5 Å². The Labute approximate surface area is 160 Å². The number of benzene rings is 1. The SMILES string of the molecule is CC(OC(=N)NC(=O)c1ccccc1)[C@@H](C)[C@H](C)c1nc(Br)ccc1F. The van der Waals surface area contributed by atoms with Crippen LogP contribution in [0.15, 0.2) is 47.1 Å². The number of ether oxygens (including phenoxy) is 1. The number of aromatic nitrogens is 1. The lowest BCUT2D eigenvalue weighted by Crippen LogP contribution is -2.36. The second-order valence-corrected chi connectivity index (χ2v) is 6.93. The molecule has 2 rings (SSSR count). The van der Waals surface area contributed by atoms with Gasteiger partial charge in [-0.05, 0) is 47.1 Å². The number of nitrogens with one attached hydrogen (secondary N) is 2. The zero-order chi connectivity index (χ0) is 19.3. The summed E-state index contributed by atoms with van der Waals surface area (Å²) < 4.78 is 20.1. The fraction of sp³-hybridized carbons (Fsp3) is 0.316. The van der Waals surface area contributed by atoms with Gasteiger partial charge in [0.2, 0.25) is 0 Å². The smallest absolute Gasteiger partial charge is 0.289 e. The number of amidine groups is 1. The Hall–Kier alpha value is -2.28. The van der Waals surface area contributed by atoms with Crippen molar-refractivity contribution < 1.29 is 13.9 Å². The number of amides is 1. The molecule has 1 heterocycles. The molecular formula is C19H21BrFN3O2. The summed E-state index contributed by atoms with van der Waals surface area (Å²) in [6.45, 7) is 5.53. The molecule has 3 atom stereocenters. The molecule has 0 aliphatic carbocycles. The number of carbonyl (C=O) groups excluding carboxylic acids is 1. The van der Waals surface area contributed by atoms with E-state index in [1.165, 1.54) is 6.07 Å². The van der Waals surface area contributed by atoms with Gasteiger partial charge >= 0.3 is 0 Å². The predicted octanol–water partition coefficient (Wildman–Crippen LogP) is 4.49. The summed E-state index contributed by atoms with van der Waals surface area (Å²) in [5.74, 6) is -1.17. The van der Waals surface area contributed by atoms with E-state index in [0.29, 0.717) is 15.9 Å². The lowest BCUT2D eigenvalue weighted by molar-refractivity contribution is 0.0927. The standard InChI is InChI=1S/C19H21BrFN3O2/c1-11(12(2)17-15(21)9-10-16(20)23-17)13(3)26-19(22)24-18(25)14-7-5-4-6-8-14/h4-13H,1-3H3,(H2,22,24,25)/t11-,12-,13?/m0/s1. The van der Waals surface area contributed by atoms with Crippen molar-refractivity contribution in [1.29, 1.82) is 5.41 Å². The summed E-state index contributed by atoms with van der Waals surface area (Å²) in [5.41, 5.74) is 0.775. The minimum Gasteiger partial charge on any atom is -0.462 e. The normalized spacial score (nSPS) is 14.2. The fourth-order valence-corrected chi connectivity index (χ4v) is 2.82. The number of hydrogen-bond acceptors (Lipinski definition) is 4. The average Bonchev–Trinajstić information content (AvgIpc) is 2.63. The van der Waals surface area contributed by atoms with Crippen molar-refractivity contribution in [3.63, 3.8) is 0 Å². The van der Waals surface area contributed by atoms with Crippen LogP contribution >= 0.6 is 15.9 Å². The van der Waals surface area contributed by atoms with Crippen LogP contribution in [-0.2, 0) is 4.74 Å². The molecule has 0 saturated heterocycles. The highest BCUT2D eigenvalue weighted by atomic mass is 79.9. The van der Waals surface area contributed by atoms with E-state index in [9.17, 15) is 9.18 Å². The monoisotopic (exact) mass is 421 g/mol. The first-order valence-electron chi connectivity index (χ1n) is 8.23. The van der Waals surface area contributed by atoms with Gasteiger partial charge in [0.25, 0.3) is 11.9 Å². The Morgan fingerprint density at radius 2 is 1.85 bits per heavy atom. The van der Waals surface area contributed by atoms with Crippen molar-refractivity contribution in [2.45, 2.75) is 32.8 Å². The maximum absolute atomic E-state index is 14.0. The third kappa shape index (κ3) is 5.11. The van der Waals surface area contributed by atoms with Gasteiger partial charge in [0, 0.05) is 17.4 Å². The lowest BCUT2D eigenvalue weighted by atomic mass is 9.88. The molecule has 0 aliphatic rings. The number of nitrogens with zero attached hydrogens (tertiary/aromatic N) is 1. The highest BCUT2D eigenvalue weighted by Gasteiger charge is 2.26. The number of hydrogen-bond donors (Lipinski definition) is 2. The highest BCUT2D eigenvalue weighted by molar-refractivity contribution is 9.10. The molecule has 1 aromatic carbocycles. The predicted molar refractivity (Wildman–Crippen MR) is 102 cm³/mol. The third-order valence-corrected chi connectivity index (χ3v) is 4.81. The molecule has 1 aromatic heterocycles. The number of rotatable bonds is 5.